The molecule has 0 spiro atoms. The lowest BCUT2D eigenvalue weighted by atomic mass is 9.87. The Labute approximate surface area is 227 Å². The summed E-state index contributed by atoms with van der Waals surface area (Å²) in [4.78, 5) is 18.9. The predicted molar refractivity (Wildman–Crippen MR) is 152 cm³/mol. The number of pyridine rings is 2. The molecule has 7 nitrogen and oxygen atoms in total. The Balaban J connectivity index is 0.00000160. The van der Waals surface area contributed by atoms with Gasteiger partial charge in [-0.25, -0.2) is 4.52 Å². The number of hydrogen-bond donors (Lipinski definition) is 1. The molecule has 6 rings (SSSR count). The molecule has 0 radical (unpaired) electrons. The van der Waals surface area contributed by atoms with Gasteiger partial charge in [-0.3, -0.25) is 9.78 Å². The van der Waals surface area contributed by atoms with E-state index in [4.69, 9.17) is 10.7 Å². The van der Waals surface area contributed by atoms with E-state index in [1.807, 2.05) is 25.1 Å². The van der Waals surface area contributed by atoms with Gasteiger partial charge >= 0.3 is 0 Å². The van der Waals surface area contributed by atoms with Gasteiger partial charge in [0.1, 0.15) is 5.52 Å². The molecule has 5 aromatic rings. The molecule has 1 aliphatic rings. The fourth-order valence-electron chi connectivity index (χ4n) is 5.53. The Bertz CT molecular complexity index is 1580. The van der Waals surface area contributed by atoms with E-state index in [-0.39, 0.29) is 30.5 Å². The minimum absolute atomic E-state index is 0. The van der Waals surface area contributed by atoms with Gasteiger partial charge in [-0.15, -0.1) is 29.9 Å². The zero-order valence-corrected chi connectivity index (χ0v) is 22.3. The number of rotatable bonds is 5. The second-order valence-corrected chi connectivity index (χ2v) is 9.52. The highest BCUT2D eigenvalue weighted by Gasteiger charge is 2.22. The lowest BCUT2D eigenvalue weighted by molar-refractivity contribution is 0.0997. The van der Waals surface area contributed by atoms with Gasteiger partial charge in [-0.1, -0.05) is 41.6 Å². The van der Waals surface area contributed by atoms with Crippen molar-refractivity contribution in [3.8, 4) is 0 Å². The van der Waals surface area contributed by atoms with E-state index in [1.54, 1.807) is 4.52 Å². The molecule has 1 fully saturated rings. The zero-order valence-electron chi connectivity index (χ0n) is 20.6. The van der Waals surface area contributed by atoms with E-state index in [9.17, 15) is 4.79 Å². The van der Waals surface area contributed by atoms with E-state index in [1.165, 1.54) is 16.5 Å². The third-order valence-corrected chi connectivity index (χ3v) is 7.38. The number of carbonyl (C=O) groups is 1. The van der Waals surface area contributed by atoms with Gasteiger partial charge in [0.05, 0.1) is 11.0 Å². The van der Waals surface area contributed by atoms with Crippen molar-refractivity contribution in [2.24, 2.45) is 5.73 Å². The molecular formula is C28H30Cl2N6O. The minimum atomic E-state index is -0.561. The number of halogens is 2. The van der Waals surface area contributed by atoms with Crippen LogP contribution in [-0.2, 0) is 6.42 Å². The number of likely N-dealkylation sites (tertiary alicyclic amines) is 1. The average Bonchev–Trinajstić information content (AvgIpc) is 3.32. The van der Waals surface area contributed by atoms with Gasteiger partial charge in [0.25, 0.3) is 5.91 Å². The number of nitrogens with two attached hydrogens (primary N) is 1. The van der Waals surface area contributed by atoms with Crippen molar-refractivity contribution >= 4 is 58.0 Å². The molecule has 2 aromatic carbocycles. The van der Waals surface area contributed by atoms with E-state index in [0.29, 0.717) is 11.4 Å². The summed E-state index contributed by atoms with van der Waals surface area (Å²) in [6.45, 7) is 5.26. The van der Waals surface area contributed by atoms with Crippen LogP contribution in [0.4, 0.5) is 0 Å². The third kappa shape index (κ3) is 4.99. The Morgan fingerprint density at radius 1 is 0.946 bits per heavy atom. The fraction of sp³-hybridized carbons (Fsp3) is 0.286. The van der Waals surface area contributed by atoms with Gasteiger partial charge in [-0.05, 0) is 80.6 Å². The number of piperidine rings is 1. The van der Waals surface area contributed by atoms with Crippen LogP contribution < -0.4 is 5.73 Å². The van der Waals surface area contributed by atoms with Crippen LogP contribution in [0.5, 0.6) is 0 Å². The number of carbonyl (C=O) groups excluding carboxylic acids is 1. The molecule has 192 valence electrons. The van der Waals surface area contributed by atoms with E-state index in [2.05, 4.69) is 57.7 Å². The van der Waals surface area contributed by atoms with Gasteiger partial charge in [-0.2, -0.15) is 0 Å². The first kappa shape index (κ1) is 26.8. The summed E-state index contributed by atoms with van der Waals surface area (Å²) in [6.07, 6.45) is 3.29. The highest BCUT2D eigenvalue weighted by atomic mass is 35.5. The smallest absolute Gasteiger partial charge is 0.271 e. The van der Waals surface area contributed by atoms with Crippen molar-refractivity contribution in [2.45, 2.75) is 32.1 Å². The van der Waals surface area contributed by atoms with Crippen LogP contribution in [0.1, 0.15) is 46.1 Å². The van der Waals surface area contributed by atoms with Crippen molar-refractivity contribution in [3.05, 3.63) is 83.2 Å². The number of nitrogens with zero attached hydrogens (tertiary/aromatic N) is 5. The lowest BCUT2D eigenvalue weighted by Crippen LogP contribution is -2.34. The molecule has 1 amide bonds. The maximum Gasteiger partial charge on any atom is 0.271 e. The molecule has 0 bridgehead atoms. The van der Waals surface area contributed by atoms with Crippen molar-refractivity contribution in [1.82, 2.24) is 24.7 Å². The van der Waals surface area contributed by atoms with Crippen LogP contribution in [0.3, 0.4) is 0 Å². The number of primary amides is 1. The van der Waals surface area contributed by atoms with Crippen LogP contribution in [0.25, 0.3) is 27.3 Å². The maximum atomic E-state index is 11.6. The summed E-state index contributed by atoms with van der Waals surface area (Å²) >= 11 is 0. The largest absolute Gasteiger partial charge is 0.364 e. The normalized spacial score (nSPS) is 14.5. The Kier molecular flexibility index (Phi) is 7.97. The van der Waals surface area contributed by atoms with Crippen LogP contribution in [0.15, 0.2) is 60.7 Å². The second-order valence-electron chi connectivity index (χ2n) is 9.52. The SMILES string of the molecule is Cc1ccc2c(C3CCN(CCc4cccc5c4ccc4c(C(N)=O)nnn45)CC3)cccc2n1.Cl.Cl. The highest BCUT2D eigenvalue weighted by Crippen LogP contribution is 2.33. The number of benzene rings is 2. The number of fused-ring (bicyclic) bond motifs is 4. The van der Waals surface area contributed by atoms with Gasteiger partial charge < -0.3 is 10.6 Å². The van der Waals surface area contributed by atoms with Crippen molar-refractivity contribution in [3.63, 3.8) is 0 Å². The molecule has 1 aliphatic heterocycles. The molecule has 37 heavy (non-hydrogen) atoms. The molecule has 9 heteroatoms. The molecular weight excluding hydrogens is 507 g/mol. The van der Waals surface area contributed by atoms with Gasteiger partial charge in [0, 0.05) is 23.0 Å². The van der Waals surface area contributed by atoms with Crippen LogP contribution in [-0.4, -0.2) is 50.3 Å². The molecule has 0 saturated carbocycles. The highest BCUT2D eigenvalue weighted by molar-refractivity contribution is 5.99. The monoisotopic (exact) mass is 536 g/mol. The number of aromatic nitrogens is 4. The standard InChI is InChI=1S/C28H28N6O.2ClH/c1-18-8-9-23-21(5-3-6-24(23)30-18)20-13-16-33(17-14-20)15-12-19-4-2-7-25-22(19)10-11-26-27(28(29)35)31-32-34(25)26;;/h2-11,20H,12-17H2,1H3,(H2,29,35);2*1H. The van der Waals surface area contributed by atoms with Crippen LogP contribution in [0.2, 0.25) is 0 Å². The molecule has 4 heterocycles. The van der Waals surface area contributed by atoms with Gasteiger partial charge in [0.15, 0.2) is 5.69 Å². The fourth-order valence-corrected chi connectivity index (χ4v) is 5.53. The lowest BCUT2D eigenvalue weighted by Gasteiger charge is -2.32. The molecule has 0 unspecified atom stereocenters. The Hall–Kier alpha value is -3.26. The first-order valence-electron chi connectivity index (χ1n) is 12.2. The first-order chi connectivity index (χ1) is 17.1. The van der Waals surface area contributed by atoms with E-state index >= 15 is 0 Å². The summed E-state index contributed by atoms with van der Waals surface area (Å²) in [7, 11) is 0. The van der Waals surface area contributed by atoms with E-state index < -0.39 is 5.91 Å². The van der Waals surface area contributed by atoms with E-state index in [0.717, 1.165) is 61.0 Å². The van der Waals surface area contributed by atoms with Gasteiger partial charge in [0.2, 0.25) is 0 Å². The van der Waals surface area contributed by atoms with Crippen LogP contribution in [0, 0.1) is 6.92 Å². The average molecular weight is 537 g/mol. The summed E-state index contributed by atoms with van der Waals surface area (Å²) in [6, 6.07) is 21.1. The minimum Gasteiger partial charge on any atom is -0.364 e. The summed E-state index contributed by atoms with van der Waals surface area (Å²) in [5, 5.41) is 10.6. The Morgan fingerprint density at radius 2 is 1.70 bits per heavy atom. The van der Waals surface area contributed by atoms with Crippen molar-refractivity contribution < 1.29 is 4.79 Å². The number of aryl methyl sites for hydroxylation is 1. The molecule has 3 aromatic heterocycles. The second kappa shape index (κ2) is 11.0. The Morgan fingerprint density at radius 3 is 2.49 bits per heavy atom. The summed E-state index contributed by atoms with van der Waals surface area (Å²) in [5.41, 5.74) is 12.1. The van der Waals surface area contributed by atoms with Crippen LogP contribution >= 0.6 is 24.8 Å². The first-order valence-corrected chi connectivity index (χ1v) is 12.2. The number of hydrogen-bond acceptors (Lipinski definition) is 5. The van der Waals surface area contributed by atoms with Crippen molar-refractivity contribution in [1.29, 1.82) is 0 Å². The molecule has 2 N–H and O–H groups in total. The zero-order chi connectivity index (χ0) is 23.9. The maximum absolute atomic E-state index is 11.6. The molecule has 0 aliphatic carbocycles. The topological polar surface area (TPSA) is 89.4 Å². The number of amides is 1. The summed E-state index contributed by atoms with van der Waals surface area (Å²) in [5.74, 6) is 0.0193. The molecule has 1 saturated heterocycles. The third-order valence-electron chi connectivity index (χ3n) is 7.38. The predicted octanol–water partition coefficient (Wildman–Crippen LogP) is 5.10. The quantitative estimate of drug-likeness (QED) is 0.337. The van der Waals surface area contributed by atoms with Crippen molar-refractivity contribution in [2.75, 3.05) is 19.6 Å². The molecule has 0 atom stereocenters. The summed E-state index contributed by atoms with van der Waals surface area (Å²) < 4.78 is 1.71.